The van der Waals surface area contributed by atoms with Crippen molar-refractivity contribution in [1.29, 1.82) is 0 Å². The van der Waals surface area contributed by atoms with Crippen LogP contribution in [0.3, 0.4) is 0 Å². The van der Waals surface area contributed by atoms with Crippen LogP contribution < -0.4 is 5.73 Å². The number of piperidine rings is 1. The van der Waals surface area contributed by atoms with Crippen LogP contribution in [-0.4, -0.2) is 42.6 Å². The summed E-state index contributed by atoms with van der Waals surface area (Å²) >= 11 is 0. The minimum atomic E-state index is -4.61. The molecule has 1 aliphatic heterocycles. The molecule has 28 heavy (non-hydrogen) atoms. The van der Waals surface area contributed by atoms with Gasteiger partial charge in [0.15, 0.2) is 9.84 Å². The van der Waals surface area contributed by atoms with Gasteiger partial charge in [-0.1, -0.05) is 6.07 Å². The number of rotatable bonds is 4. The van der Waals surface area contributed by atoms with Gasteiger partial charge in [0.2, 0.25) is 5.91 Å². The number of hydrogen-bond donors (Lipinski definition) is 1. The highest BCUT2D eigenvalue weighted by Gasteiger charge is 2.45. The van der Waals surface area contributed by atoms with Gasteiger partial charge < -0.3 is 10.6 Å². The summed E-state index contributed by atoms with van der Waals surface area (Å²) in [5.74, 6) is -0.499. The maximum Gasteiger partial charge on any atom is 0.416 e. The predicted octanol–water partition coefficient (Wildman–Crippen LogP) is 3.23. The summed E-state index contributed by atoms with van der Waals surface area (Å²) in [6.07, 6.45) is -3.74. The van der Waals surface area contributed by atoms with E-state index in [1.54, 1.807) is 18.7 Å². The molecule has 0 aromatic heterocycles. The molecule has 1 fully saturated rings. The Bertz CT molecular complexity index is 835. The molecule has 0 bridgehead atoms. The molecule has 0 aliphatic carbocycles. The molecule has 5 nitrogen and oxygen atoms in total. The van der Waals surface area contributed by atoms with E-state index in [0.29, 0.717) is 32.0 Å². The Morgan fingerprint density at radius 1 is 1.11 bits per heavy atom. The summed E-state index contributed by atoms with van der Waals surface area (Å²) in [4.78, 5) is 13.6. The fourth-order valence-electron chi connectivity index (χ4n) is 3.55. The number of sulfone groups is 1. The minimum Gasteiger partial charge on any atom is -0.341 e. The van der Waals surface area contributed by atoms with Gasteiger partial charge in [-0.25, -0.2) is 8.42 Å². The van der Waals surface area contributed by atoms with Gasteiger partial charge in [0.25, 0.3) is 0 Å². The number of nitrogens with zero attached hydrogens (tertiary/aromatic N) is 1. The molecule has 2 N–H and O–H groups in total. The third-order valence-corrected chi connectivity index (χ3v) is 8.07. The smallest absolute Gasteiger partial charge is 0.341 e. The fourth-order valence-corrected chi connectivity index (χ4v) is 5.37. The monoisotopic (exact) mass is 420 g/mol. The van der Waals surface area contributed by atoms with E-state index in [-0.39, 0.29) is 16.7 Å². The molecule has 1 aromatic carbocycles. The third kappa shape index (κ3) is 4.35. The summed E-state index contributed by atoms with van der Waals surface area (Å²) in [5.41, 5.74) is 3.85. The summed E-state index contributed by atoms with van der Waals surface area (Å²) < 4.78 is 63.9. The van der Waals surface area contributed by atoms with Crippen LogP contribution in [0.5, 0.6) is 0 Å². The van der Waals surface area contributed by atoms with E-state index >= 15 is 0 Å². The first kappa shape index (κ1) is 22.7. The number of alkyl halides is 3. The van der Waals surface area contributed by atoms with Crippen LogP contribution in [0.1, 0.15) is 46.1 Å². The van der Waals surface area contributed by atoms with Crippen LogP contribution in [0.4, 0.5) is 13.2 Å². The van der Waals surface area contributed by atoms with E-state index in [9.17, 15) is 26.4 Å². The zero-order chi connectivity index (χ0) is 21.5. The quantitative estimate of drug-likeness (QED) is 0.811. The van der Waals surface area contributed by atoms with Gasteiger partial charge in [0.05, 0.1) is 20.7 Å². The van der Waals surface area contributed by atoms with Gasteiger partial charge in [-0.15, -0.1) is 0 Å². The average Bonchev–Trinajstić information content (AvgIpc) is 2.59. The second kappa shape index (κ2) is 7.33. The van der Waals surface area contributed by atoms with Crippen molar-refractivity contribution in [2.75, 3.05) is 13.1 Å². The number of benzene rings is 1. The molecule has 0 radical (unpaired) electrons. The van der Waals surface area contributed by atoms with E-state index < -0.39 is 31.9 Å². The highest BCUT2D eigenvalue weighted by Crippen LogP contribution is 2.39. The molecule has 1 heterocycles. The van der Waals surface area contributed by atoms with E-state index in [1.807, 2.05) is 0 Å². The Labute approximate surface area is 164 Å². The molecule has 1 amide bonds. The number of carbonyl (C=O) groups excluding carboxylic acids is 1. The Morgan fingerprint density at radius 2 is 1.64 bits per heavy atom. The number of carbonyl (C=O) groups is 1. The highest BCUT2D eigenvalue weighted by atomic mass is 32.2. The van der Waals surface area contributed by atoms with Crippen molar-refractivity contribution < 1.29 is 26.4 Å². The number of likely N-dealkylation sites (tertiary alicyclic amines) is 1. The number of hydrogen-bond acceptors (Lipinski definition) is 4. The van der Waals surface area contributed by atoms with Crippen molar-refractivity contribution in [2.24, 2.45) is 11.7 Å². The lowest BCUT2D eigenvalue weighted by molar-refractivity contribution is -0.138. The second-order valence-electron chi connectivity index (χ2n) is 8.42. The van der Waals surface area contributed by atoms with Gasteiger partial charge in [0, 0.05) is 13.1 Å². The van der Waals surface area contributed by atoms with Crippen molar-refractivity contribution in [1.82, 2.24) is 4.90 Å². The van der Waals surface area contributed by atoms with E-state index in [0.717, 1.165) is 12.1 Å². The van der Waals surface area contributed by atoms with Gasteiger partial charge in [0.1, 0.15) is 0 Å². The standard InChI is InChI=1S/C19H27F3N2O3S/c1-17(2,23)16(25)24-10-8-13(9-11-24)18(3,4)28(26,27)15-7-5-6-14(12-15)19(20,21)22/h5-7,12-13H,8-11,23H2,1-4H3. The summed E-state index contributed by atoms with van der Waals surface area (Å²) in [5, 5.41) is 0. The molecule has 0 spiro atoms. The van der Waals surface area contributed by atoms with Crippen LogP contribution in [0.25, 0.3) is 0 Å². The van der Waals surface area contributed by atoms with Gasteiger partial charge in [-0.05, 0) is 64.7 Å². The topological polar surface area (TPSA) is 80.5 Å². The Kier molecular flexibility index (Phi) is 5.94. The van der Waals surface area contributed by atoms with Crippen molar-refractivity contribution in [3.63, 3.8) is 0 Å². The molecule has 1 aromatic rings. The SMILES string of the molecule is CC(C)(N)C(=O)N1CCC(C(C)(C)S(=O)(=O)c2cccc(C(F)(F)F)c2)CC1. The van der Waals surface area contributed by atoms with Crippen LogP contribution in [0.15, 0.2) is 29.2 Å². The fraction of sp³-hybridized carbons (Fsp3) is 0.632. The van der Waals surface area contributed by atoms with Crippen molar-refractivity contribution in [3.8, 4) is 0 Å². The lowest BCUT2D eigenvalue weighted by Gasteiger charge is -2.41. The van der Waals surface area contributed by atoms with E-state index in [2.05, 4.69) is 0 Å². The third-order valence-electron chi connectivity index (χ3n) is 5.48. The average molecular weight is 420 g/mol. The van der Waals surface area contributed by atoms with Crippen LogP contribution >= 0.6 is 0 Å². The minimum absolute atomic E-state index is 0.204. The molecule has 158 valence electrons. The highest BCUT2D eigenvalue weighted by molar-refractivity contribution is 7.92. The first-order valence-corrected chi connectivity index (χ1v) is 10.6. The van der Waals surface area contributed by atoms with Gasteiger partial charge in [-0.2, -0.15) is 13.2 Å². The lowest BCUT2D eigenvalue weighted by Crippen LogP contribution is -2.55. The molecular weight excluding hydrogens is 393 g/mol. The van der Waals surface area contributed by atoms with Gasteiger partial charge >= 0.3 is 6.18 Å². The first-order valence-electron chi connectivity index (χ1n) is 9.08. The summed E-state index contributed by atoms with van der Waals surface area (Å²) in [7, 11) is -4.02. The number of halogens is 3. The Balaban J connectivity index is 2.24. The zero-order valence-corrected chi connectivity index (χ0v) is 17.3. The van der Waals surface area contributed by atoms with Crippen molar-refractivity contribution >= 4 is 15.7 Å². The van der Waals surface area contributed by atoms with Crippen molar-refractivity contribution in [2.45, 2.75) is 61.9 Å². The first-order chi connectivity index (χ1) is 12.6. The number of nitrogens with two attached hydrogens (primary N) is 1. The molecule has 0 atom stereocenters. The largest absolute Gasteiger partial charge is 0.416 e. The molecular formula is C19H27F3N2O3S. The van der Waals surface area contributed by atoms with Gasteiger partial charge in [-0.3, -0.25) is 4.79 Å². The second-order valence-corrected chi connectivity index (χ2v) is 11.0. The normalized spacial score (nSPS) is 17.6. The maximum absolute atomic E-state index is 13.1. The predicted molar refractivity (Wildman–Crippen MR) is 100 cm³/mol. The summed E-state index contributed by atoms with van der Waals surface area (Å²) in [6, 6.07) is 3.84. The van der Waals surface area contributed by atoms with Crippen LogP contribution in [0, 0.1) is 5.92 Å². The maximum atomic E-state index is 13.1. The Hall–Kier alpha value is -1.61. The van der Waals surface area contributed by atoms with Crippen LogP contribution in [0.2, 0.25) is 0 Å². The molecule has 2 rings (SSSR count). The van der Waals surface area contributed by atoms with E-state index in [4.69, 9.17) is 5.73 Å². The Morgan fingerprint density at radius 3 is 2.11 bits per heavy atom. The molecule has 1 aliphatic rings. The molecule has 0 saturated carbocycles. The van der Waals surface area contributed by atoms with E-state index in [1.165, 1.54) is 19.9 Å². The molecule has 1 saturated heterocycles. The zero-order valence-electron chi connectivity index (χ0n) is 16.5. The summed E-state index contributed by atoms with van der Waals surface area (Å²) in [6.45, 7) is 7.04. The number of amides is 1. The lowest BCUT2D eigenvalue weighted by atomic mass is 9.85. The van der Waals surface area contributed by atoms with Crippen LogP contribution in [-0.2, 0) is 20.8 Å². The van der Waals surface area contributed by atoms with Crippen molar-refractivity contribution in [3.05, 3.63) is 29.8 Å². The molecule has 9 heteroatoms. The molecule has 0 unspecified atom stereocenters.